The largest absolute Gasteiger partial charge is 0.358 e. The van der Waals surface area contributed by atoms with Crippen molar-refractivity contribution in [1.82, 2.24) is 10.3 Å². The second-order valence-electron chi connectivity index (χ2n) is 3.79. The fraction of sp³-hybridized carbons (Fsp3) is 0.333. The number of nitrogens with one attached hydrogen (secondary N) is 2. The monoisotopic (exact) mass is 188 g/mol. The number of hydrogen-bond acceptors (Lipinski definition) is 1. The van der Waals surface area contributed by atoms with Gasteiger partial charge in [0.05, 0.1) is 0 Å². The van der Waals surface area contributed by atoms with E-state index in [1.54, 1.807) is 0 Å². The van der Waals surface area contributed by atoms with Crippen molar-refractivity contribution in [3.05, 3.63) is 35.0 Å². The Morgan fingerprint density at radius 2 is 2.07 bits per heavy atom. The first-order valence-corrected chi connectivity index (χ1v) is 4.95. The van der Waals surface area contributed by atoms with Gasteiger partial charge < -0.3 is 10.3 Å². The molecule has 2 aromatic rings. The summed E-state index contributed by atoms with van der Waals surface area (Å²) in [4.78, 5) is 3.38. The lowest BCUT2D eigenvalue weighted by atomic mass is 10.1. The molecule has 0 radical (unpaired) electrons. The highest BCUT2D eigenvalue weighted by Gasteiger charge is 2.03. The van der Waals surface area contributed by atoms with E-state index in [4.69, 9.17) is 0 Å². The molecule has 1 aromatic heterocycles. The molecule has 0 fully saturated rings. The Labute approximate surface area is 84.3 Å². The van der Waals surface area contributed by atoms with Gasteiger partial charge in [-0.1, -0.05) is 6.07 Å². The second kappa shape index (κ2) is 3.46. The molecule has 1 aromatic carbocycles. The number of benzene rings is 1. The third-order valence-corrected chi connectivity index (χ3v) is 2.75. The van der Waals surface area contributed by atoms with Crippen molar-refractivity contribution in [3.63, 3.8) is 0 Å². The van der Waals surface area contributed by atoms with Gasteiger partial charge in [0.25, 0.3) is 0 Å². The molecule has 0 aliphatic rings. The van der Waals surface area contributed by atoms with Crippen molar-refractivity contribution in [2.75, 3.05) is 7.05 Å². The standard InChI is InChI=1S/C12H16N2/c1-8-9(2)14-12-5-4-10(7-13-3)6-11(8)12/h4-6,13-14H,7H2,1-3H3. The lowest BCUT2D eigenvalue weighted by Crippen LogP contribution is -2.04. The van der Waals surface area contributed by atoms with E-state index in [0.717, 1.165) is 6.54 Å². The molecule has 2 heteroatoms. The van der Waals surface area contributed by atoms with Crippen LogP contribution in [-0.4, -0.2) is 12.0 Å². The molecule has 0 atom stereocenters. The molecule has 1 heterocycles. The van der Waals surface area contributed by atoms with Gasteiger partial charge in [0.1, 0.15) is 0 Å². The number of rotatable bonds is 2. The molecule has 74 valence electrons. The Hall–Kier alpha value is -1.28. The number of aromatic amines is 1. The van der Waals surface area contributed by atoms with Gasteiger partial charge in [-0.05, 0) is 44.2 Å². The quantitative estimate of drug-likeness (QED) is 0.744. The molecular formula is C12H16N2. The lowest BCUT2D eigenvalue weighted by Gasteiger charge is -2.00. The summed E-state index contributed by atoms with van der Waals surface area (Å²) < 4.78 is 0. The number of H-pyrrole nitrogens is 1. The number of aryl methyl sites for hydroxylation is 2. The average Bonchev–Trinajstić information content (AvgIpc) is 2.45. The van der Waals surface area contributed by atoms with Crippen LogP contribution in [-0.2, 0) is 6.54 Å². The Morgan fingerprint density at radius 3 is 2.79 bits per heavy atom. The van der Waals surface area contributed by atoms with E-state index in [9.17, 15) is 0 Å². The van der Waals surface area contributed by atoms with Gasteiger partial charge in [0, 0.05) is 23.1 Å². The van der Waals surface area contributed by atoms with Gasteiger partial charge >= 0.3 is 0 Å². The lowest BCUT2D eigenvalue weighted by molar-refractivity contribution is 0.819. The van der Waals surface area contributed by atoms with Crippen LogP contribution in [0.25, 0.3) is 10.9 Å². The molecule has 0 aliphatic heterocycles. The minimum Gasteiger partial charge on any atom is -0.358 e. The maximum atomic E-state index is 3.38. The zero-order valence-electron chi connectivity index (χ0n) is 8.94. The molecule has 0 bridgehead atoms. The molecule has 0 saturated carbocycles. The van der Waals surface area contributed by atoms with Gasteiger partial charge in [-0.15, -0.1) is 0 Å². The average molecular weight is 188 g/mol. The molecule has 0 aliphatic carbocycles. The molecular weight excluding hydrogens is 172 g/mol. The van der Waals surface area contributed by atoms with Crippen LogP contribution in [0.5, 0.6) is 0 Å². The first-order valence-electron chi connectivity index (χ1n) is 4.95. The number of fused-ring (bicyclic) bond motifs is 1. The maximum Gasteiger partial charge on any atom is 0.0458 e. The zero-order chi connectivity index (χ0) is 10.1. The predicted octanol–water partition coefficient (Wildman–Crippen LogP) is 2.50. The van der Waals surface area contributed by atoms with Crippen molar-refractivity contribution in [2.45, 2.75) is 20.4 Å². The van der Waals surface area contributed by atoms with Crippen LogP contribution in [0.15, 0.2) is 18.2 Å². The fourth-order valence-corrected chi connectivity index (χ4v) is 1.82. The summed E-state index contributed by atoms with van der Waals surface area (Å²) in [5.41, 5.74) is 5.20. The van der Waals surface area contributed by atoms with E-state index >= 15 is 0 Å². The first-order chi connectivity index (χ1) is 6.72. The Bertz CT molecular complexity index is 455. The van der Waals surface area contributed by atoms with Gasteiger partial charge in [-0.2, -0.15) is 0 Å². The van der Waals surface area contributed by atoms with E-state index in [1.807, 2.05) is 7.05 Å². The normalized spacial score (nSPS) is 11.1. The fourth-order valence-electron chi connectivity index (χ4n) is 1.82. The highest BCUT2D eigenvalue weighted by molar-refractivity contribution is 5.84. The molecule has 2 nitrogen and oxygen atoms in total. The summed E-state index contributed by atoms with van der Waals surface area (Å²) in [5, 5.41) is 4.51. The Morgan fingerprint density at radius 1 is 1.29 bits per heavy atom. The summed E-state index contributed by atoms with van der Waals surface area (Å²) in [6, 6.07) is 6.57. The second-order valence-corrected chi connectivity index (χ2v) is 3.79. The topological polar surface area (TPSA) is 27.8 Å². The maximum absolute atomic E-state index is 3.38. The number of aromatic nitrogens is 1. The molecule has 14 heavy (non-hydrogen) atoms. The number of hydrogen-bond donors (Lipinski definition) is 2. The molecule has 0 spiro atoms. The highest BCUT2D eigenvalue weighted by Crippen LogP contribution is 2.22. The molecule has 2 N–H and O–H groups in total. The SMILES string of the molecule is CNCc1ccc2[nH]c(C)c(C)c2c1. The van der Waals surface area contributed by atoms with Crippen molar-refractivity contribution < 1.29 is 0 Å². The summed E-state index contributed by atoms with van der Waals surface area (Å²) in [7, 11) is 1.97. The van der Waals surface area contributed by atoms with E-state index in [1.165, 1.54) is 27.7 Å². The minimum absolute atomic E-state index is 0.930. The Kier molecular flexibility index (Phi) is 2.30. The van der Waals surface area contributed by atoms with Crippen LogP contribution in [0, 0.1) is 13.8 Å². The first kappa shape index (κ1) is 9.28. The van der Waals surface area contributed by atoms with Crippen LogP contribution in [0.1, 0.15) is 16.8 Å². The van der Waals surface area contributed by atoms with Crippen molar-refractivity contribution in [3.8, 4) is 0 Å². The van der Waals surface area contributed by atoms with Crippen molar-refractivity contribution in [2.24, 2.45) is 0 Å². The van der Waals surface area contributed by atoms with Crippen LogP contribution in [0.3, 0.4) is 0 Å². The van der Waals surface area contributed by atoms with Crippen molar-refractivity contribution in [1.29, 1.82) is 0 Å². The van der Waals surface area contributed by atoms with Crippen LogP contribution in [0.2, 0.25) is 0 Å². The van der Waals surface area contributed by atoms with Gasteiger partial charge in [-0.3, -0.25) is 0 Å². The molecule has 2 rings (SSSR count). The van der Waals surface area contributed by atoms with E-state index in [2.05, 4.69) is 42.3 Å². The van der Waals surface area contributed by atoms with Crippen LogP contribution in [0.4, 0.5) is 0 Å². The minimum atomic E-state index is 0.930. The summed E-state index contributed by atoms with van der Waals surface area (Å²) in [6.07, 6.45) is 0. The predicted molar refractivity (Wildman–Crippen MR) is 60.5 cm³/mol. The van der Waals surface area contributed by atoms with E-state index in [0.29, 0.717) is 0 Å². The van der Waals surface area contributed by atoms with Crippen molar-refractivity contribution >= 4 is 10.9 Å². The molecule has 0 saturated heterocycles. The van der Waals surface area contributed by atoms with E-state index in [-0.39, 0.29) is 0 Å². The smallest absolute Gasteiger partial charge is 0.0458 e. The summed E-state index contributed by atoms with van der Waals surface area (Å²) in [6.45, 7) is 5.21. The Balaban J connectivity index is 2.58. The third kappa shape index (κ3) is 1.42. The van der Waals surface area contributed by atoms with Gasteiger partial charge in [0.2, 0.25) is 0 Å². The van der Waals surface area contributed by atoms with Gasteiger partial charge in [-0.25, -0.2) is 0 Å². The van der Waals surface area contributed by atoms with E-state index < -0.39 is 0 Å². The van der Waals surface area contributed by atoms with Gasteiger partial charge in [0.15, 0.2) is 0 Å². The highest BCUT2D eigenvalue weighted by atomic mass is 14.8. The van der Waals surface area contributed by atoms with Crippen LogP contribution < -0.4 is 5.32 Å². The van der Waals surface area contributed by atoms with Crippen LogP contribution >= 0.6 is 0 Å². The summed E-state index contributed by atoms with van der Waals surface area (Å²) >= 11 is 0. The third-order valence-electron chi connectivity index (χ3n) is 2.75. The summed E-state index contributed by atoms with van der Waals surface area (Å²) in [5.74, 6) is 0. The molecule has 0 unspecified atom stereocenters. The molecule has 0 amide bonds. The zero-order valence-corrected chi connectivity index (χ0v) is 8.94.